The Morgan fingerprint density at radius 2 is 1.82 bits per heavy atom. The summed E-state index contributed by atoms with van der Waals surface area (Å²) in [6, 6.07) is 12.4. The number of rotatable bonds is 5. The van der Waals surface area contributed by atoms with Gasteiger partial charge in [0, 0.05) is 35.3 Å². The van der Waals surface area contributed by atoms with Gasteiger partial charge < -0.3 is 9.30 Å². The van der Waals surface area contributed by atoms with E-state index in [1.165, 1.54) is 14.0 Å². The predicted molar refractivity (Wildman–Crippen MR) is 105 cm³/mol. The highest BCUT2D eigenvalue weighted by atomic mass is 16.5. The molecule has 0 saturated heterocycles. The van der Waals surface area contributed by atoms with Crippen molar-refractivity contribution in [1.29, 1.82) is 0 Å². The van der Waals surface area contributed by atoms with Crippen molar-refractivity contribution in [2.75, 3.05) is 7.11 Å². The van der Waals surface area contributed by atoms with Gasteiger partial charge in [-0.1, -0.05) is 18.2 Å². The van der Waals surface area contributed by atoms with Crippen molar-refractivity contribution in [3.63, 3.8) is 0 Å². The number of ether oxygens (including phenoxy) is 1. The van der Waals surface area contributed by atoms with Crippen molar-refractivity contribution in [1.82, 2.24) is 15.4 Å². The molecule has 0 saturated carbocycles. The van der Waals surface area contributed by atoms with E-state index in [1.807, 2.05) is 35.9 Å². The molecule has 28 heavy (non-hydrogen) atoms. The summed E-state index contributed by atoms with van der Waals surface area (Å²) >= 11 is 0. The van der Waals surface area contributed by atoms with Gasteiger partial charge in [-0.05, 0) is 31.2 Å². The molecule has 0 aliphatic rings. The van der Waals surface area contributed by atoms with Crippen LogP contribution in [0.25, 0.3) is 10.9 Å². The van der Waals surface area contributed by atoms with Crippen LogP contribution in [0.5, 0.6) is 5.75 Å². The topological polar surface area (TPSA) is 89.4 Å². The van der Waals surface area contributed by atoms with Gasteiger partial charge in [-0.25, -0.2) is 0 Å². The molecular formula is C21H21N3O4. The lowest BCUT2D eigenvalue weighted by atomic mass is 10.0. The summed E-state index contributed by atoms with van der Waals surface area (Å²) in [5.41, 5.74) is 7.29. The standard InChI is InChI=1S/C21H21N3O4/c1-13(25)14-8-9-19(28-3)15(10-14)11-20(26)22-23-21(27)17-12-24(2)18-7-5-4-6-16(17)18/h4-10,12H,11H2,1-3H3,(H,22,26)(H,23,27). The Morgan fingerprint density at radius 3 is 2.54 bits per heavy atom. The molecule has 1 aromatic heterocycles. The van der Waals surface area contributed by atoms with Gasteiger partial charge in [0.2, 0.25) is 5.91 Å². The fraction of sp³-hybridized carbons (Fsp3) is 0.190. The number of aromatic nitrogens is 1. The maximum absolute atomic E-state index is 12.5. The average molecular weight is 379 g/mol. The molecule has 1 heterocycles. The van der Waals surface area contributed by atoms with Gasteiger partial charge in [0.15, 0.2) is 5.78 Å². The highest BCUT2D eigenvalue weighted by Crippen LogP contribution is 2.21. The van der Waals surface area contributed by atoms with Gasteiger partial charge in [0.1, 0.15) is 5.75 Å². The monoisotopic (exact) mass is 379 g/mol. The second kappa shape index (κ2) is 7.96. The smallest absolute Gasteiger partial charge is 0.271 e. The first-order valence-electron chi connectivity index (χ1n) is 8.71. The third kappa shape index (κ3) is 3.88. The number of hydrogen-bond acceptors (Lipinski definition) is 4. The first kappa shape index (κ1) is 19.2. The van der Waals surface area contributed by atoms with Crippen LogP contribution in [-0.2, 0) is 18.3 Å². The highest BCUT2D eigenvalue weighted by molar-refractivity contribution is 6.07. The van der Waals surface area contributed by atoms with Gasteiger partial charge in [-0.2, -0.15) is 0 Å². The summed E-state index contributed by atoms with van der Waals surface area (Å²) in [5, 5.41) is 0.799. The quantitative estimate of drug-likeness (QED) is 0.526. The highest BCUT2D eigenvalue weighted by Gasteiger charge is 2.15. The zero-order valence-corrected chi connectivity index (χ0v) is 15.9. The van der Waals surface area contributed by atoms with E-state index >= 15 is 0 Å². The maximum atomic E-state index is 12.5. The van der Waals surface area contributed by atoms with E-state index in [0.29, 0.717) is 22.4 Å². The number of nitrogens with zero attached hydrogens (tertiary/aromatic N) is 1. The predicted octanol–water partition coefficient (Wildman–Crippen LogP) is 2.39. The van der Waals surface area contributed by atoms with E-state index in [-0.39, 0.29) is 12.2 Å². The lowest BCUT2D eigenvalue weighted by Crippen LogP contribution is -2.42. The number of para-hydroxylation sites is 1. The van der Waals surface area contributed by atoms with Crippen molar-refractivity contribution in [2.24, 2.45) is 7.05 Å². The average Bonchev–Trinajstić information content (AvgIpc) is 3.03. The van der Waals surface area contributed by atoms with Crippen molar-refractivity contribution >= 4 is 28.5 Å². The first-order chi connectivity index (χ1) is 13.4. The second-order valence-electron chi connectivity index (χ2n) is 6.43. The van der Waals surface area contributed by atoms with Crippen LogP contribution in [0.3, 0.4) is 0 Å². The first-order valence-corrected chi connectivity index (χ1v) is 8.71. The number of hydrazine groups is 1. The molecule has 2 aromatic carbocycles. The number of nitrogens with one attached hydrogen (secondary N) is 2. The number of ketones is 1. The number of carbonyl (C=O) groups excluding carboxylic acids is 3. The molecule has 3 rings (SSSR count). The summed E-state index contributed by atoms with van der Waals surface area (Å²) < 4.78 is 7.10. The van der Waals surface area contributed by atoms with E-state index in [2.05, 4.69) is 10.9 Å². The molecule has 2 N–H and O–H groups in total. The van der Waals surface area contributed by atoms with Crippen molar-refractivity contribution in [3.8, 4) is 5.75 Å². The Kier molecular flexibility index (Phi) is 5.44. The van der Waals surface area contributed by atoms with Crippen LogP contribution in [0.15, 0.2) is 48.7 Å². The van der Waals surface area contributed by atoms with Crippen LogP contribution in [0.2, 0.25) is 0 Å². The second-order valence-corrected chi connectivity index (χ2v) is 6.43. The summed E-state index contributed by atoms with van der Waals surface area (Å²) in [4.78, 5) is 36.3. The minimum absolute atomic E-state index is 0.0416. The van der Waals surface area contributed by atoms with Crippen molar-refractivity contribution in [3.05, 3.63) is 65.4 Å². The fourth-order valence-corrected chi connectivity index (χ4v) is 3.07. The number of carbonyl (C=O) groups is 3. The van der Waals surface area contributed by atoms with Gasteiger partial charge in [0.25, 0.3) is 5.91 Å². The Bertz CT molecular complexity index is 1070. The van der Waals surface area contributed by atoms with Crippen LogP contribution in [0.1, 0.15) is 33.2 Å². The van der Waals surface area contributed by atoms with Crippen LogP contribution in [0, 0.1) is 0 Å². The van der Waals surface area contributed by atoms with Crippen molar-refractivity contribution in [2.45, 2.75) is 13.3 Å². The van der Waals surface area contributed by atoms with Crippen molar-refractivity contribution < 1.29 is 19.1 Å². The number of aryl methyl sites for hydroxylation is 1. The molecule has 144 valence electrons. The normalized spacial score (nSPS) is 10.5. The zero-order chi connectivity index (χ0) is 20.3. The Labute approximate surface area is 162 Å². The van der Waals surface area contributed by atoms with Gasteiger partial charge in [-0.15, -0.1) is 0 Å². The van der Waals surface area contributed by atoms with Crippen LogP contribution >= 0.6 is 0 Å². The SMILES string of the molecule is COc1ccc(C(C)=O)cc1CC(=O)NNC(=O)c1cn(C)c2ccccc12. The van der Waals surface area contributed by atoms with Crippen LogP contribution in [-0.4, -0.2) is 29.3 Å². The van der Waals surface area contributed by atoms with Gasteiger partial charge in [-0.3, -0.25) is 25.2 Å². The minimum atomic E-state index is -0.424. The molecule has 0 fully saturated rings. The summed E-state index contributed by atoms with van der Waals surface area (Å²) in [7, 11) is 3.35. The third-order valence-corrected chi connectivity index (χ3v) is 4.49. The number of amides is 2. The summed E-state index contributed by atoms with van der Waals surface area (Å²) in [5.74, 6) is -0.434. The molecule has 0 atom stereocenters. The molecule has 7 nitrogen and oxygen atoms in total. The molecule has 0 aliphatic heterocycles. The van der Waals surface area contributed by atoms with E-state index < -0.39 is 11.8 Å². The van der Waals surface area contributed by atoms with Gasteiger partial charge >= 0.3 is 0 Å². The molecule has 0 unspecified atom stereocenters. The molecule has 0 radical (unpaired) electrons. The number of Topliss-reactive ketones (excluding diaryl/α,β-unsaturated/α-hetero) is 1. The van der Waals surface area contributed by atoms with Gasteiger partial charge in [0.05, 0.1) is 19.1 Å². The number of fused-ring (bicyclic) bond motifs is 1. The molecular weight excluding hydrogens is 358 g/mol. The third-order valence-electron chi connectivity index (χ3n) is 4.49. The number of hydrogen-bond donors (Lipinski definition) is 2. The Balaban J connectivity index is 1.70. The number of methoxy groups -OCH3 is 1. The summed E-state index contributed by atoms with van der Waals surface area (Å²) in [6.45, 7) is 1.45. The fourth-order valence-electron chi connectivity index (χ4n) is 3.07. The van der Waals surface area contributed by atoms with E-state index in [1.54, 1.807) is 24.4 Å². The molecule has 2 amide bonds. The van der Waals surface area contributed by atoms with E-state index in [4.69, 9.17) is 4.74 Å². The Hall–Kier alpha value is -3.61. The Morgan fingerprint density at radius 1 is 1.07 bits per heavy atom. The summed E-state index contributed by atoms with van der Waals surface area (Å²) in [6.07, 6.45) is 1.67. The van der Waals surface area contributed by atoms with Crippen LogP contribution < -0.4 is 15.6 Å². The number of benzene rings is 2. The molecule has 7 heteroatoms. The van der Waals surface area contributed by atoms with Crippen LogP contribution in [0.4, 0.5) is 0 Å². The largest absolute Gasteiger partial charge is 0.496 e. The van der Waals surface area contributed by atoms with E-state index in [0.717, 1.165) is 10.9 Å². The lowest BCUT2D eigenvalue weighted by Gasteiger charge is -2.11. The maximum Gasteiger partial charge on any atom is 0.271 e. The molecule has 0 bridgehead atoms. The molecule has 3 aromatic rings. The zero-order valence-electron chi connectivity index (χ0n) is 15.9. The van der Waals surface area contributed by atoms with E-state index in [9.17, 15) is 14.4 Å². The lowest BCUT2D eigenvalue weighted by molar-refractivity contribution is -0.121. The molecule has 0 aliphatic carbocycles. The molecule has 0 spiro atoms. The minimum Gasteiger partial charge on any atom is -0.496 e.